The quantitative estimate of drug-likeness (QED) is 0.791. The van der Waals surface area contributed by atoms with Gasteiger partial charge in [0, 0.05) is 24.0 Å². The van der Waals surface area contributed by atoms with Crippen LogP contribution in [0.2, 0.25) is 5.02 Å². The predicted molar refractivity (Wildman–Crippen MR) is 115 cm³/mol. The third kappa shape index (κ3) is 4.07. The summed E-state index contributed by atoms with van der Waals surface area (Å²) in [4.78, 5) is 2.50. The maximum atomic E-state index is 9.03. The van der Waals surface area contributed by atoms with Crippen LogP contribution in [-0.2, 0) is 6.54 Å². The van der Waals surface area contributed by atoms with Gasteiger partial charge in [-0.3, -0.25) is 4.68 Å². The van der Waals surface area contributed by atoms with Gasteiger partial charge >= 0.3 is 0 Å². The molecule has 1 saturated heterocycles. The third-order valence-electron chi connectivity index (χ3n) is 5.52. The Morgan fingerprint density at radius 2 is 2.18 bits per heavy atom. The third-order valence-corrected chi connectivity index (χ3v) is 7.02. The van der Waals surface area contributed by atoms with Crippen molar-refractivity contribution >= 4 is 23.4 Å². The molecule has 0 amide bonds. The lowest BCUT2D eigenvalue weighted by Crippen LogP contribution is -2.43. The highest BCUT2D eigenvalue weighted by Crippen LogP contribution is 2.36. The highest BCUT2D eigenvalue weighted by atomic mass is 35.5. The molecule has 0 aliphatic carbocycles. The van der Waals surface area contributed by atoms with E-state index in [9.17, 15) is 0 Å². The Morgan fingerprint density at radius 3 is 2.93 bits per heavy atom. The first-order valence-corrected chi connectivity index (χ1v) is 11.0. The second-order valence-corrected chi connectivity index (χ2v) is 8.86. The number of hydrogen-bond donors (Lipinski definition) is 1. The van der Waals surface area contributed by atoms with Crippen LogP contribution in [0.15, 0.2) is 42.1 Å². The monoisotopic (exact) mass is 413 g/mol. The molecule has 0 bridgehead atoms. The first kappa shape index (κ1) is 19.4. The minimum Gasteiger partial charge on any atom is -0.360 e. The van der Waals surface area contributed by atoms with E-state index in [4.69, 9.17) is 22.0 Å². The number of piperidine rings is 1. The summed E-state index contributed by atoms with van der Waals surface area (Å²) in [6, 6.07) is 9.91. The van der Waals surface area contributed by atoms with Gasteiger partial charge in [0.2, 0.25) is 0 Å². The minimum absolute atomic E-state index is 0.364. The molecule has 1 aromatic heterocycles. The Morgan fingerprint density at radius 1 is 1.36 bits per heavy atom. The van der Waals surface area contributed by atoms with E-state index in [1.165, 1.54) is 12.8 Å². The van der Waals surface area contributed by atoms with Gasteiger partial charge in [-0.1, -0.05) is 17.7 Å². The van der Waals surface area contributed by atoms with Crippen LogP contribution in [0.5, 0.6) is 0 Å². The highest BCUT2D eigenvalue weighted by Gasteiger charge is 2.32. The van der Waals surface area contributed by atoms with Gasteiger partial charge in [0.25, 0.3) is 0 Å². The number of hydrogen-bond acceptors (Lipinski definition) is 5. The lowest BCUT2D eigenvalue weighted by molar-refractivity contribution is 0.185. The molecule has 1 unspecified atom stereocenters. The topological polar surface area (TPSA) is 56.9 Å². The molecule has 7 heteroatoms. The molecule has 2 aromatic rings. The molecule has 4 rings (SSSR count). The van der Waals surface area contributed by atoms with Gasteiger partial charge in [-0.2, -0.15) is 10.4 Å². The molecule has 0 saturated carbocycles. The van der Waals surface area contributed by atoms with E-state index in [1.54, 1.807) is 6.07 Å². The van der Waals surface area contributed by atoms with E-state index >= 15 is 0 Å². The van der Waals surface area contributed by atoms with Gasteiger partial charge in [-0.05, 0) is 62.4 Å². The average Bonchev–Trinajstić information content (AvgIpc) is 3.38. The number of rotatable bonds is 5. The molecule has 28 heavy (non-hydrogen) atoms. The number of benzene rings is 1. The van der Waals surface area contributed by atoms with Gasteiger partial charge < -0.3 is 10.2 Å². The van der Waals surface area contributed by atoms with Crippen LogP contribution < -0.4 is 5.32 Å². The van der Waals surface area contributed by atoms with Crippen molar-refractivity contribution in [3.63, 3.8) is 0 Å². The van der Waals surface area contributed by atoms with Crippen molar-refractivity contribution in [1.82, 2.24) is 20.0 Å². The minimum atomic E-state index is 0.364. The molecular formula is C21H24ClN5S. The fraction of sp³-hybridized carbons (Fsp3) is 0.429. The van der Waals surface area contributed by atoms with Crippen LogP contribution in [-0.4, -0.2) is 39.2 Å². The Labute approximate surface area is 175 Å². The molecule has 3 heterocycles. The van der Waals surface area contributed by atoms with Gasteiger partial charge in [0.1, 0.15) is 6.07 Å². The Hall–Kier alpha value is -1.94. The molecule has 2 atom stereocenters. The van der Waals surface area contributed by atoms with Crippen molar-refractivity contribution in [2.75, 3.05) is 13.1 Å². The van der Waals surface area contributed by atoms with Crippen LogP contribution in [0.3, 0.4) is 0 Å². The van der Waals surface area contributed by atoms with Crippen LogP contribution in [0, 0.1) is 17.2 Å². The molecule has 0 radical (unpaired) electrons. The number of nitrogens with one attached hydrogen (secondary N) is 1. The van der Waals surface area contributed by atoms with E-state index in [2.05, 4.69) is 34.8 Å². The van der Waals surface area contributed by atoms with Gasteiger partial charge in [0.05, 0.1) is 28.2 Å². The Bertz CT molecular complexity index is 896. The fourth-order valence-electron chi connectivity index (χ4n) is 3.97. The first-order valence-electron chi connectivity index (χ1n) is 9.69. The maximum Gasteiger partial charge on any atom is 0.101 e. The van der Waals surface area contributed by atoms with Crippen molar-refractivity contribution in [1.29, 1.82) is 5.26 Å². The lowest BCUT2D eigenvalue weighted by Gasteiger charge is -2.37. The molecule has 1 N–H and O–H groups in total. The van der Waals surface area contributed by atoms with Crippen LogP contribution >= 0.6 is 23.4 Å². The van der Waals surface area contributed by atoms with E-state index in [0.717, 1.165) is 36.8 Å². The normalized spacial score (nSPS) is 21.0. The summed E-state index contributed by atoms with van der Waals surface area (Å²) in [6.07, 6.45) is 6.75. The zero-order valence-corrected chi connectivity index (χ0v) is 17.5. The summed E-state index contributed by atoms with van der Waals surface area (Å²) in [5, 5.41) is 20.5. The van der Waals surface area contributed by atoms with Crippen LogP contribution in [0.4, 0.5) is 0 Å². The Balaban J connectivity index is 1.44. The lowest BCUT2D eigenvalue weighted by atomic mass is 9.96. The summed E-state index contributed by atoms with van der Waals surface area (Å²) in [5.74, 6) is 0.734. The van der Waals surface area contributed by atoms with Crippen molar-refractivity contribution < 1.29 is 0 Å². The van der Waals surface area contributed by atoms with Crippen molar-refractivity contribution in [3.8, 4) is 17.3 Å². The van der Waals surface area contributed by atoms with E-state index in [1.807, 2.05) is 40.8 Å². The van der Waals surface area contributed by atoms with E-state index < -0.39 is 0 Å². The number of nitriles is 1. The maximum absolute atomic E-state index is 9.03. The molecular weight excluding hydrogens is 390 g/mol. The second kappa shape index (κ2) is 8.60. The zero-order valence-electron chi connectivity index (χ0n) is 15.9. The smallest absolute Gasteiger partial charge is 0.101 e. The van der Waals surface area contributed by atoms with Gasteiger partial charge in [-0.15, -0.1) is 11.8 Å². The average molecular weight is 414 g/mol. The molecule has 1 aromatic carbocycles. The van der Waals surface area contributed by atoms with Crippen LogP contribution in [0.1, 0.15) is 25.3 Å². The van der Waals surface area contributed by atoms with E-state index in [0.29, 0.717) is 22.0 Å². The SMILES string of the molecule is CC(Cn1ccc(-c2ccc(C#N)c(Cl)c2)n1)N1C=CS[C@H]1C1CCNCC1. The largest absolute Gasteiger partial charge is 0.360 e. The molecule has 0 spiro atoms. The highest BCUT2D eigenvalue weighted by molar-refractivity contribution is 8.02. The number of halogens is 1. The molecule has 2 aliphatic heterocycles. The predicted octanol–water partition coefficient (Wildman–Crippen LogP) is 4.31. The van der Waals surface area contributed by atoms with Crippen molar-refractivity contribution in [2.45, 2.75) is 37.7 Å². The standard InChI is InChI=1S/C21H24ClN5S/c1-15(27-10-11-28-21(27)16-4-7-24-8-5-16)14-26-9-6-20(25-26)17-2-3-18(13-23)19(22)12-17/h2-3,6,9-12,15-16,21,24H,4-5,7-8,14H2,1H3/t15?,21-/m0/s1. The summed E-state index contributed by atoms with van der Waals surface area (Å²) < 4.78 is 2.00. The molecule has 5 nitrogen and oxygen atoms in total. The van der Waals surface area contributed by atoms with Gasteiger partial charge in [-0.25, -0.2) is 0 Å². The first-order chi connectivity index (χ1) is 13.7. The van der Waals surface area contributed by atoms with Crippen molar-refractivity contribution in [3.05, 3.63) is 52.7 Å². The molecule has 1 fully saturated rings. The molecule has 146 valence electrons. The number of aromatic nitrogens is 2. The fourth-order valence-corrected chi connectivity index (χ4v) is 5.48. The molecule has 2 aliphatic rings. The summed E-state index contributed by atoms with van der Waals surface area (Å²) >= 11 is 8.12. The summed E-state index contributed by atoms with van der Waals surface area (Å²) in [6.45, 7) is 5.35. The van der Waals surface area contributed by atoms with Crippen molar-refractivity contribution in [2.24, 2.45) is 5.92 Å². The van der Waals surface area contributed by atoms with Crippen LogP contribution in [0.25, 0.3) is 11.3 Å². The number of nitrogens with zero attached hydrogens (tertiary/aromatic N) is 4. The van der Waals surface area contributed by atoms with Gasteiger partial charge in [0.15, 0.2) is 0 Å². The second-order valence-electron chi connectivity index (χ2n) is 7.42. The Kier molecular flexibility index (Phi) is 5.96. The number of thioether (sulfide) groups is 1. The summed E-state index contributed by atoms with van der Waals surface area (Å²) in [7, 11) is 0. The zero-order chi connectivity index (χ0) is 19.5. The summed E-state index contributed by atoms with van der Waals surface area (Å²) in [5.41, 5.74) is 2.29. The van der Waals surface area contributed by atoms with E-state index in [-0.39, 0.29) is 0 Å².